The van der Waals surface area contributed by atoms with E-state index in [1.807, 2.05) is 5.43 Å². The zero-order chi connectivity index (χ0) is 16.3. The van der Waals surface area contributed by atoms with Crippen molar-refractivity contribution in [2.24, 2.45) is 0 Å². The van der Waals surface area contributed by atoms with Gasteiger partial charge >= 0.3 is 6.18 Å². The minimum atomic E-state index is -4.65. The van der Waals surface area contributed by atoms with Crippen molar-refractivity contribution in [2.45, 2.75) is 6.18 Å². The molecule has 4 nitrogen and oxygen atoms in total. The number of aromatic nitrogens is 1. The Morgan fingerprint density at radius 1 is 1.00 bits per heavy atom. The SMILES string of the molecule is O=C(NNc1cccc(C(F)(F)F)n1)c1c(F)cccc1F. The first kappa shape index (κ1) is 15.7. The Morgan fingerprint density at radius 2 is 1.59 bits per heavy atom. The number of nitrogens with zero attached hydrogens (tertiary/aromatic N) is 1. The molecule has 0 saturated heterocycles. The molecule has 0 atom stereocenters. The zero-order valence-electron chi connectivity index (χ0n) is 10.7. The van der Waals surface area contributed by atoms with Crippen LogP contribution < -0.4 is 10.9 Å². The molecule has 2 aromatic rings. The van der Waals surface area contributed by atoms with E-state index in [1.165, 1.54) is 0 Å². The Bertz CT molecular complexity index is 682. The van der Waals surface area contributed by atoms with Gasteiger partial charge in [0.15, 0.2) is 0 Å². The van der Waals surface area contributed by atoms with Crippen LogP contribution in [0, 0.1) is 11.6 Å². The van der Waals surface area contributed by atoms with Gasteiger partial charge in [-0.1, -0.05) is 12.1 Å². The van der Waals surface area contributed by atoms with Crippen LogP contribution in [0.1, 0.15) is 16.1 Å². The lowest BCUT2D eigenvalue weighted by Gasteiger charge is -2.11. The van der Waals surface area contributed by atoms with Gasteiger partial charge < -0.3 is 0 Å². The molecule has 116 valence electrons. The highest BCUT2D eigenvalue weighted by Gasteiger charge is 2.32. The van der Waals surface area contributed by atoms with Gasteiger partial charge in [-0.15, -0.1) is 0 Å². The van der Waals surface area contributed by atoms with Gasteiger partial charge in [-0.05, 0) is 24.3 Å². The second-order valence-corrected chi connectivity index (χ2v) is 4.08. The summed E-state index contributed by atoms with van der Waals surface area (Å²) in [5.74, 6) is -3.72. The third-order valence-electron chi connectivity index (χ3n) is 2.53. The Hall–Kier alpha value is -2.71. The van der Waals surface area contributed by atoms with Gasteiger partial charge in [0.1, 0.15) is 28.7 Å². The lowest BCUT2D eigenvalue weighted by Crippen LogP contribution is -2.31. The summed E-state index contributed by atoms with van der Waals surface area (Å²) in [6.45, 7) is 0. The van der Waals surface area contributed by atoms with Gasteiger partial charge in [-0.25, -0.2) is 13.8 Å². The molecule has 1 amide bonds. The molecular formula is C13H8F5N3O. The Kier molecular flexibility index (Phi) is 4.25. The summed E-state index contributed by atoms with van der Waals surface area (Å²) in [5, 5.41) is 0. The molecule has 0 spiro atoms. The van der Waals surface area contributed by atoms with E-state index in [0.29, 0.717) is 0 Å². The topological polar surface area (TPSA) is 54.0 Å². The number of alkyl halides is 3. The van der Waals surface area contributed by atoms with E-state index >= 15 is 0 Å². The molecule has 0 saturated carbocycles. The van der Waals surface area contributed by atoms with Crippen molar-refractivity contribution >= 4 is 11.7 Å². The Labute approximate surface area is 120 Å². The zero-order valence-corrected chi connectivity index (χ0v) is 10.7. The number of amides is 1. The molecule has 0 aliphatic carbocycles. The van der Waals surface area contributed by atoms with E-state index < -0.39 is 35.0 Å². The highest BCUT2D eigenvalue weighted by Crippen LogP contribution is 2.27. The molecule has 2 N–H and O–H groups in total. The van der Waals surface area contributed by atoms with E-state index in [4.69, 9.17) is 0 Å². The van der Waals surface area contributed by atoms with Crippen LogP contribution in [-0.2, 0) is 6.18 Å². The minimum absolute atomic E-state index is 0.333. The minimum Gasteiger partial charge on any atom is -0.282 e. The fraction of sp³-hybridized carbons (Fsp3) is 0.0769. The molecule has 1 aromatic heterocycles. The van der Waals surface area contributed by atoms with Gasteiger partial charge in [-0.3, -0.25) is 15.6 Å². The van der Waals surface area contributed by atoms with Gasteiger partial charge in [0, 0.05) is 0 Å². The summed E-state index contributed by atoms with van der Waals surface area (Å²) in [5.41, 5.74) is 1.91. The standard InChI is InChI=1S/C13H8F5N3O/c14-7-3-1-4-8(15)11(7)12(22)21-20-10-6-2-5-9(19-10)13(16,17)18/h1-6H,(H,19,20)(H,21,22). The quantitative estimate of drug-likeness (QED) is 0.675. The predicted octanol–water partition coefficient (Wildman–Crippen LogP) is 3.14. The maximum atomic E-state index is 13.4. The van der Waals surface area contributed by atoms with Gasteiger partial charge in [-0.2, -0.15) is 13.2 Å². The second-order valence-electron chi connectivity index (χ2n) is 4.08. The number of pyridine rings is 1. The number of halogens is 5. The highest BCUT2D eigenvalue weighted by atomic mass is 19.4. The summed E-state index contributed by atoms with van der Waals surface area (Å²) < 4.78 is 64.1. The summed E-state index contributed by atoms with van der Waals surface area (Å²) >= 11 is 0. The van der Waals surface area contributed by atoms with Crippen LogP contribution in [0.2, 0.25) is 0 Å². The maximum absolute atomic E-state index is 13.4. The summed E-state index contributed by atoms with van der Waals surface area (Å²) in [4.78, 5) is 14.9. The number of carbonyl (C=O) groups is 1. The number of carbonyl (C=O) groups excluding carboxylic acids is 1. The number of rotatable bonds is 3. The largest absolute Gasteiger partial charge is 0.433 e. The summed E-state index contributed by atoms with van der Waals surface area (Å²) in [6, 6.07) is 5.77. The molecule has 2 rings (SSSR count). The monoisotopic (exact) mass is 317 g/mol. The van der Waals surface area contributed by atoms with Crippen molar-refractivity contribution < 1.29 is 26.7 Å². The van der Waals surface area contributed by atoms with Crippen LogP contribution in [-0.4, -0.2) is 10.9 Å². The van der Waals surface area contributed by atoms with E-state index in [0.717, 1.165) is 36.4 Å². The number of anilines is 1. The third kappa shape index (κ3) is 3.48. The van der Waals surface area contributed by atoms with Gasteiger partial charge in [0.25, 0.3) is 5.91 Å². The predicted molar refractivity (Wildman–Crippen MR) is 66.7 cm³/mol. The van der Waals surface area contributed by atoms with E-state index in [2.05, 4.69) is 10.4 Å². The van der Waals surface area contributed by atoms with E-state index in [1.54, 1.807) is 0 Å². The molecule has 0 aliphatic heterocycles. The Balaban J connectivity index is 2.12. The number of benzene rings is 1. The average Bonchev–Trinajstić information content (AvgIpc) is 2.44. The first-order valence-electron chi connectivity index (χ1n) is 5.83. The maximum Gasteiger partial charge on any atom is 0.433 e. The lowest BCUT2D eigenvalue weighted by atomic mass is 10.2. The molecule has 22 heavy (non-hydrogen) atoms. The normalized spacial score (nSPS) is 11.1. The lowest BCUT2D eigenvalue weighted by molar-refractivity contribution is -0.141. The van der Waals surface area contributed by atoms with E-state index in [9.17, 15) is 26.7 Å². The van der Waals surface area contributed by atoms with E-state index in [-0.39, 0.29) is 5.82 Å². The number of nitrogens with one attached hydrogen (secondary N) is 2. The fourth-order valence-corrected chi connectivity index (χ4v) is 1.56. The molecule has 1 heterocycles. The smallest absolute Gasteiger partial charge is 0.282 e. The van der Waals surface area contributed by atoms with Crippen molar-refractivity contribution in [2.75, 3.05) is 5.43 Å². The van der Waals surface area contributed by atoms with Crippen LogP contribution >= 0.6 is 0 Å². The summed E-state index contributed by atoms with van der Waals surface area (Å²) in [7, 11) is 0. The van der Waals surface area contributed by atoms with Crippen molar-refractivity contribution in [1.29, 1.82) is 0 Å². The Morgan fingerprint density at radius 3 is 2.18 bits per heavy atom. The molecule has 9 heteroatoms. The molecule has 0 unspecified atom stereocenters. The molecule has 0 bridgehead atoms. The number of hydrazine groups is 1. The van der Waals surface area contributed by atoms with Crippen molar-refractivity contribution in [3.8, 4) is 0 Å². The highest BCUT2D eigenvalue weighted by molar-refractivity contribution is 5.95. The first-order chi connectivity index (χ1) is 10.3. The number of hydrogen-bond acceptors (Lipinski definition) is 3. The summed E-state index contributed by atoms with van der Waals surface area (Å²) in [6.07, 6.45) is -4.65. The van der Waals surface area contributed by atoms with Crippen LogP contribution in [0.15, 0.2) is 36.4 Å². The van der Waals surface area contributed by atoms with Crippen LogP contribution in [0.4, 0.5) is 27.8 Å². The molecule has 1 aromatic carbocycles. The van der Waals surface area contributed by atoms with Crippen LogP contribution in [0.5, 0.6) is 0 Å². The average molecular weight is 317 g/mol. The number of hydrogen-bond donors (Lipinski definition) is 2. The first-order valence-corrected chi connectivity index (χ1v) is 5.83. The van der Waals surface area contributed by atoms with Gasteiger partial charge in [0.2, 0.25) is 0 Å². The molecular weight excluding hydrogens is 309 g/mol. The van der Waals surface area contributed by atoms with Gasteiger partial charge in [0.05, 0.1) is 0 Å². The van der Waals surface area contributed by atoms with Crippen molar-refractivity contribution in [1.82, 2.24) is 10.4 Å². The molecule has 0 radical (unpaired) electrons. The van der Waals surface area contributed by atoms with Crippen molar-refractivity contribution in [3.63, 3.8) is 0 Å². The third-order valence-corrected chi connectivity index (χ3v) is 2.53. The fourth-order valence-electron chi connectivity index (χ4n) is 1.56. The van der Waals surface area contributed by atoms with Crippen LogP contribution in [0.3, 0.4) is 0 Å². The molecule has 0 aliphatic rings. The second kappa shape index (κ2) is 5.96. The van der Waals surface area contributed by atoms with Crippen LogP contribution in [0.25, 0.3) is 0 Å². The molecule has 0 fully saturated rings. The van der Waals surface area contributed by atoms with Crippen molar-refractivity contribution in [3.05, 3.63) is 59.3 Å².